The molecule has 0 saturated carbocycles. The molecule has 1 unspecified atom stereocenters. The summed E-state index contributed by atoms with van der Waals surface area (Å²) in [5, 5.41) is 0. The van der Waals surface area contributed by atoms with Crippen LogP contribution in [0.15, 0.2) is 18.2 Å². The lowest BCUT2D eigenvalue weighted by molar-refractivity contribution is 0.0406. The molecule has 2 aliphatic heterocycles. The minimum absolute atomic E-state index is 0.0588. The highest BCUT2D eigenvalue weighted by atomic mass is 19.1. The highest BCUT2D eigenvalue weighted by Gasteiger charge is 2.45. The maximum Gasteiger partial charge on any atom is 0.127 e. The highest BCUT2D eigenvalue weighted by molar-refractivity contribution is 5.39. The first-order valence-electron chi connectivity index (χ1n) is 6.97. The molecule has 1 saturated heterocycles. The normalized spacial score (nSPS) is 30.7. The lowest BCUT2D eigenvalue weighted by Crippen LogP contribution is -2.46. The summed E-state index contributed by atoms with van der Waals surface area (Å²) in [5.74, 6) is 0.367. The SMILES string of the molecule is CC(C)N1CCC2(C[C@@H](N)c3ccc(F)cc3O2)C1. The Kier molecular flexibility index (Phi) is 3.02. The van der Waals surface area contributed by atoms with Crippen LogP contribution in [0.25, 0.3) is 0 Å². The van der Waals surface area contributed by atoms with E-state index < -0.39 is 0 Å². The number of halogens is 1. The van der Waals surface area contributed by atoms with Crippen molar-refractivity contribution in [2.24, 2.45) is 5.73 Å². The van der Waals surface area contributed by atoms with Gasteiger partial charge in [-0.15, -0.1) is 0 Å². The molecule has 0 aromatic heterocycles. The van der Waals surface area contributed by atoms with E-state index in [-0.39, 0.29) is 17.5 Å². The van der Waals surface area contributed by atoms with Crippen molar-refractivity contribution in [1.29, 1.82) is 0 Å². The second-order valence-electron chi connectivity index (χ2n) is 6.09. The minimum Gasteiger partial charge on any atom is -0.485 e. The third kappa shape index (κ3) is 2.23. The Balaban J connectivity index is 1.88. The van der Waals surface area contributed by atoms with Gasteiger partial charge in [-0.25, -0.2) is 4.39 Å². The second kappa shape index (κ2) is 4.46. The fourth-order valence-electron chi connectivity index (χ4n) is 3.25. The lowest BCUT2D eigenvalue weighted by atomic mass is 9.87. The molecule has 2 aliphatic rings. The molecule has 1 fully saturated rings. The molecule has 19 heavy (non-hydrogen) atoms. The molecule has 1 spiro atoms. The van der Waals surface area contributed by atoms with Crippen molar-refractivity contribution in [2.75, 3.05) is 13.1 Å². The predicted molar refractivity (Wildman–Crippen MR) is 72.6 cm³/mol. The zero-order chi connectivity index (χ0) is 13.6. The van der Waals surface area contributed by atoms with E-state index in [9.17, 15) is 4.39 Å². The van der Waals surface area contributed by atoms with Gasteiger partial charge >= 0.3 is 0 Å². The van der Waals surface area contributed by atoms with E-state index in [0.29, 0.717) is 11.8 Å². The Hall–Kier alpha value is -1.13. The van der Waals surface area contributed by atoms with Crippen LogP contribution in [-0.2, 0) is 0 Å². The number of hydrogen-bond acceptors (Lipinski definition) is 3. The van der Waals surface area contributed by atoms with Crippen molar-refractivity contribution in [3.05, 3.63) is 29.6 Å². The van der Waals surface area contributed by atoms with E-state index in [0.717, 1.165) is 31.5 Å². The minimum atomic E-state index is -0.262. The van der Waals surface area contributed by atoms with Crippen LogP contribution in [0.3, 0.4) is 0 Å². The number of rotatable bonds is 1. The first kappa shape index (κ1) is 12.9. The maximum atomic E-state index is 13.4. The first-order valence-corrected chi connectivity index (χ1v) is 6.97. The molecule has 0 radical (unpaired) electrons. The predicted octanol–water partition coefficient (Wildman–Crippen LogP) is 2.46. The smallest absolute Gasteiger partial charge is 0.127 e. The number of nitrogens with zero attached hydrogens (tertiary/aromatic N) is 1. The van der Waals surface area contributed by atoms with Crippen LogP contribution in [0.5, 0.6) is 5.75 Å². The molecule has 104 valence electrons. The quantitative estimate of drug-likeness (QED) is 0.847. The molecule has 1 aromatic carbocycles. The van der Waals surface area contributed by atoms with E-state index in [2.05, 4.69) is 18.7 Å². The number of fused-ring (bicyclic) bond motifs is 1. The molecular weight excluding hydrogens is 243 g/mol. The number of likely N-dealkylation sites (tertiary alicyclic amines) is 1. The second-order valence-corrected chi connectivity index (χ2v) is 6.09. The van der Waals surface area contributed by atoms with Crippen LogP contribution in [0.4, 0.5) is 4.39 Å². The Bertz CT molecular complexity index is 491. The van der Waals surface area contributed by atoms with E-state index in [1.54, 1.807) is 6.07 Å². The molecule has 4 heteroatoms. The molecule has 2 heterocycles. The van der Waals surface area contributed by atoms with E-state index >= 15 is 0 Å². The molecule has 0 bridgehead atoms. The van der Waals surface area contributed by atoms with E-state index in [4.69, 9.17) is 10.5 Å². The number of hydrogen-bond donors (Lipinski definition) is 1. The zero-order valence-corrected chi connectivity index (χ0v) is 11.5. The van der Waals surface area contributed by atoms with Crippen molar-refractivity contribution < 1.29 is 9.13 Å². The summed E-state index contributed by atoms with van der Waals surface area (Å²) in [6.07, 6.45) is 1.78. The van der Waals surface area contributed by atoms with Crippen LogP contribution in [-0.4, -0.2) is 29.6 Å². The molecule has 1 aromatic rings. The van der Waals surface area contributed by atoms with Crippen LogP contribution in [0.2, 0.25) is 0 Å². The van der Waals surface area contributed by atoms with Gasteiger partial charge < -0.3 is 10.5 Å². The molecule has 2 N–H and O–H groups in total. The highest BCUT2D eigenvalue weighted by Crippen LogP contribution is 2.43. The molecule has 0 aliphatic carbocycles. The summed E-state index contributed by atoms with van der Waals surface area (Å²) in [5.41, 5.74) is 6.95. The summed E-state index contributed by atoms with van der Waals surface area (Å²) >= 11 is 0. The Morgan fingerprint density at radius 2 is 2.26 bits per heavy atom. The fourth-order valence-corrected chi connectivity index (χ4v) is 3.25. The Labute approximate surface area is 113 Å². The van der Waals surface area contributed by atoms with Crippen molar-refractivity contribution in [1.82, 2.24) is 4.90 Å². The van der Waals surface area contributed by atoms with Crippen LogP contribution in [0, 0.1) is 5.82 Å². The third-order valence-electron chi connectivity index (χ3n) is 4.37. The Morgan fingerprint density at radius 1 is 1.47 bits per heavy atom. The summed E-state index contributed by atoms with van der Waals surface area (Å²) in [6.45, 7) is 6.29. The van der Waals surface area contributed by atoms with Crippen molar-refractivity contribution in [3.8, 4) is 5.75 Å². The number of ether oxygens (including phenoxy) is 1. The van der Waals surface area contributed by atoms with Crippen molar-refractivity contribution in [2.45, 2.75) is 44.4 Å². The van der Waals surface area contributed by atoms with Crippen LogP contribution >= 0.6 is 0 Å². The first-order chi connectivity index (χ1) is 8.99. The monoisotopic (exact) mass is 264 g/mol. The van der Waals surface area contributed by atoms with Gasteiger partial charge in [0.1, 0.15) is 17.2 Å². The van der Waals surface area contributed by atoms with Crippen LogP contribution in [0.1, 0.15) is 38.3 Å². The van der Waals surface area contributed by atoms with Gasteiger partial charge in [-0.2, -0.15) is 0 Å². The zero-order valence-electron chi connectivity index (χ0n) is 11.5. The molecular formula is C15H21FN2O. The van der Waals surface area contributed by atoms with Gasteiger partial charge in [0.15, 0.2) is 0 Å². The molecule has 3 rings (SSSR count). The van der Waals surface area contributed by atoms with Gasteiger partial charge in [0.05, 0.1) is 0 Å². The van der Waals surface area contributed by atoms with Gasteiger partial charge in [0, 0.05) is 49.6 Å². The largest absolute Gasteiger partial charge is 0.485 e. The number of benzene rings is 1. The van der Waals surface area contributed by atoms with Gasteiger partial charge in [-0.1, -0.05) is 6.07 Å². The van der Waals surface area contributed by atoms with E-state index in [1.165, 1.54) is 12.1 Å². The van der Waals surface area contributed by atoms with Gasteiger partial charge in [-0.05, 0) is 19.9 Å². The lowest BCUT2D eigenvalue weighted by Gasteiger charge is -2.39. The van der Waals surface area contributed by atoms with Gasteiger partial charge in [0.25, 0.3) is 0 Å². The average molecular weight is 264 g/mol. The van der Waals surface area contributed by atoms with Crippen molar-refractivity contribution in [3.63, 3.8) is 0 Å². The standard InChI is InChI=1S/C15H21FN2O/c1-10(2)18-6-5-15(9-18)8-13(17)12-4-3-11(16)7-14(12)19-15/h3-4,7,10,13H,5-6,8-9,17H2,1-2H3/t13-,15?/m1/s1. The number of nitrogens with two attached hydrogens (primary N) is 1. The molecule has 2 atom stereocenters. The maximum absolute atomic E-state index is 13.4. The van der Waals surface area contributed by atoms with E-state index in [1.807, 2.05) is 0 Å². The topological polar surface area (TPSA) is 38.5 Å². The average Bonchev–Trinajstić information content (AvgIpc) is 2.72. The molecule has 0 amide bonds. The van der Waals surface area contributed by atoms with Crippen LogP contribution < -0.4 is 10.5 Å². The fraction of sp³-hybridized carbons (Fsp3) is 0.600. The molecule has 3 nitrogen and oxygen atoms in total. The third-order valence-corrected chi connectivity index (χ3v) is 4.37. The van der Waals surface area contributed by atoms with Gasteiger partial charge in [-0.3, -0.25) is 4.90 Å². The summed E-state index contributed by atoms with van der Waals surface area (Å²) in [4.78, 5) is 2.40. The summed E-state index contributed by atoms with van der Waals surface area (Å²) in [7, 11) is 0. The van der Waals surface area contributed by atoms with Crippen molar-refractivity contribution >= 4 is 0 Å². The van der Waals surface area contributed by atoms with Gasteiger partial charge in [0.2, 0.25) is 0 Å². The summed E-state index contributed by atoms with van der Waals surface area (Å²) in [6, 6.07) is 5.12. The summed E-state index contributed by atoms with van der Waals surface area (Å²) < 4.78 is 19.5. The Morgan fingerprint density at radius 3 is 2.95 bits per heavy atom.